The van der Waals surface area contributed by atoms with Crippen molar-refractivity contribution >= 4 is 34.2 Å². The van der Waals surface area contributed by atoms with Crippen molar-refractivity contribution in [1.82, 2.24) is 5.32 Å². The van der Waals surface area contributed by atoms with Crippen LogP contribution in [0, 0.1) is 23.6 Å². The predicted octanol–water partition coefficient (Wildman–Crippen LogP) is 3.82. The summed E-state index contributed by atoms with van der Waals surface area (Å²) < 4.78 is 14.6. The molecule has 24 heavy (non-hydrogen) atoms. The fraction of sp³-hybridized carbons (Fsp3) is 0.611. The Bertz CT molecular complexity index is 572. The van der Waals surface area contributed by atoms with Gasteiger partial charge >= 0.3 is 0 Å². The summed E-state index contributed by atoms with van der Waals surface area (Å²) in [6.45, 7) is 0.476. The van der Waals surface area contributed by atoms with Crippen LogP contribution in [0.1, 0.15) is 37.7 Å². The number of hydrogen-bond acceptors (Lipinski definition) is 2. The summed E-state index contributed by atoms with van der Waals surface area (Å²) in [6, 6.07) is 5.18. The van der Waals surface area contributed by atoms with Crippen molar-refractivity contribution in [3.05, 3.63) is 34.1 Å². The van der Waals surface area contributed by atoms with Crippen LogP contribution in [0.5, 0.6) is 0 Å². The van der Waals surface area contributed by atoms with Gasteiger partial charge in [-0.3, -0.25) is 4.79 Å². The van der Waals surface area contributed by atoms with Crippen LogP contribution in [0.2, 0.25) is 0 Å². The van der Waals surface area contributed by atoms with E-state index in [1.54, 1.807) is 12.1 Å². The topological polar surface area (TPSA) is 55.1 Å². The highest BCUT2D eigenvalue weighted by molar-refractivity contribution is 9.10. The van der Waals surface area contributed by atoms with Crippen LogP contribution in [0.15, 0.2) is 22.7 Å². The van der Waals surface area contributed by atoms with Crippen molar-refractivity contribution in [2.75, 3.05) is 6.54 Å². The first-order valence-electron chi connectivity index (χ1n) is 8.52. The molecule has 3 N–H and O–H groups in total. The fourth-order valence-corrected chi connectivity index (χ4v) is 4.61. The highest BCUT2D eigenvalue weighted by atomic mass is 79.9. The number of nitrogens with two attached hydrogens (primary N) is 1. The molecule has 1 aromatic carbocycles. The van der Waals surface area contributed by atoms with E-state index < -0.39 is 0 Å². The quantitative estimate of drug-likeness (QED) is 0.779. The van der Waals surface area contributed by atoms with E-state index in [0.717, 1.165) is 30.2 Å². The van der Waals surface area contributed by atoms with Crippen LogP contribution in [0.4, 0.5) is 4.39 Å². The maximum absolute atomic E-state index is 13.7. The normalized spacial score (nSPS) is 28.8. The Morgan fingerprint density at radius 2 is 1.96 bits per heavy atom. The van der Waals surface area contributed by atoms with Gasteiger partial charge in [-0.25, -0.2) is 4.39 Å². The molecule has 0 saturated heterocycles. The third-order valence-electron chi connectivity index (χ3n) is 5.49. The third kappa shape index (κ3) is 4.50. The van der Waals surface area contributed by atoms with Crippen LogP contribution in [-0.4, -0.2) is 18.5 Å². The smallest absolute Gasteiger partial charge is 0.223 e. The molecule has 6 heteroatoms. The highest BCUT2D eigenvalue weighted by Gasteiger charge is 2.40. The van der Waals surface area contributed by atoms with Crippen molar-refractivity contribution in [3.8, 4) is 0 Å². The van der Waals surface area contributed by atoms with Crippen molar-refractivity contribution in [1.29, 1.82) is 0 Å². The maximum Gasteiger partial charge on any atom is 0.223 e. The standard InChI is InChI=1S/C18H24BrFN2O.ClH/c19-15-4-5-16(20)11(10-15)6-7-22-18(23)14-8-12-2-1-3-13(9-14)17(12)21;/h4-5,10,12-14,17H,1-3,6-9,21H2,(H,22,23);1H. The maximum atomic E-state index is 13.7. The van der Waals surface area contributed by atoms with E-state index in [1.807, 2.05) is 0 Å². The first kappa shape index (κ1) is 19.7. The summed E-state index contributed by atoms with van der Waals surface area (Å²) in [5, 5.41) is 2.99. The molecule has 2 unspecified atom stereocenters. The molecule has 1 aromatic rings. The molecular weight excluding hydrogens is 395 g/mol. The molecule has 2 atom stereocenters. The lowest BCUT2D eigenvalue weighted by Crippen LogP contribution is -2.49. The molecule has 0 heterocycles. The number of halogens is 3. The van der Waals surface area contributed by atoms with E-state index in [4.69, 9.17) is 5.73 Å². The number of rotatable bonds is 4. The van der Waals surface area contributed by atoms with Gasteiger partial charge in [0.25, 0.3) is 0 Å². The second-order valence-corrected chi connectivity index (χ2v) is 7.89. The fourth-order valence-electron chi connectivity index (χ4n) is 4.20. The van der Waals surface area contributed by atoms with Gasteiger partial charge in [-0.2, -0.15) is 0 Å². The Kier molecular flexibility index (Phi) is 7.08. The molecule has 1 amide bonds. The zero-order chi connectivity index (χ0) is 16.4. The van der Waals surface area contributed by atoms with Gasteiger partial charge in [0, 0.05) is 23.0 Å². The molecule has 134 valence electrons. The Morgan fingerprint density at radius 1 is 1.29 bits per heavy atom. The summed E-state index contributed by atoms with van der Waals surface area (Å²) in [7, 11) is 0. The minimum absolute atomic E-state index is 0. The van der Waals surface area contributed by atoms with Gasteiger partial charge in [0.1, 0.15) is 5.82 Å². The van der Waals surface area contributed by atoms with Gasteiger partial charge < -0.3 is 11.1 Å². The minimum Gasteiger partial charge on any atom is -0.356 e. The first-order valence-corrected chi connectivity index (χ1v) is 9.31. The molecule has 3 nitrogen and oxygen atoms in total. The van der Waals surface area contributed by atoms with Gasteiger partial charge in [-0.05, 0) is 67.7 Å². The number of benzene rings is 1. The minimum atomic E-state index is -0.222. The Morgan fingerprint density at radius 3 is 2.62 bits per heavy atom. The molecule has 2 saturated carbocycles. The van der Waals surface area contributed by atoms with E-state index in [0.29, 0.717) is 30.4 Å². The summed E-state index contributed by atoms with van der Waals surface area (Å²) in [5.41, 5.74) is 6.90. The lowest BCUT2D eigenvalue weighted by molar-refractivity contribution is -0.127. The Balaban J connectivity index is 0.00000208. The average Bonchev–Trinajstić information content (AvgIpc) is 2.50. The lowest BCUT2D eigenvalue weighted by atomic mass is 9.65. The number of amides is 1. The molecular formula is C18H25BrClFN2O. The van der Waals surface area contributed by atoms with Crippen molar-refractivity contribution < 1.29 is 9.18 Å². The Hall–Kier alpha value is -0.650. The predicted molar refractivity (Wildman–Crippen MR) is 99.6 cm³/mol. The van der Waals surface area contributed by atoms with Crippen LogP contribution in [-0.2, 0) is 11.2 Å². The van der Waals surface area contributed by atoms with E-state index >= 15 is 0 Å². The van der Waals surface area contributed by atoms with Gasteiger partial charge in [0.2, 0.25) is 5.91 Å². The zero-order valence-corrected chi connectivity index (χ0v) is 16.0. The van der Waals surface area contributed by atoms with Crippen molar-refractivity contribution in [3.63, 3.8) is 0 Å². The van der Waals surface area contributed by atoms with E-state index in [2.05, 4.69) is 21.2 Å². The highest BCUT2D eigenvalue weighted by Crippen LogP contribution is 2.41. The van der Waals surface area contributed by atoms with Gasteiger partial charge in [-0.15, -0.1) is 12.4 Å². The van der Waals surface area contributed by atoms with E-state index in [-0.39, 0.29) is 36.1 Å². The van der Waals surface area contributed by atoms with E-state index in [9.17, 15) is 9.18 Å². The second kappa shape index (κ2) is 8.63. The monoisotopic (exact) mass is 418 g/mol. The van der Waals surface area contributed by atoms with Gasteiger partial charge in [-0.1, -0.05) is 22.4 Å². The number of carbonyl (C=O) groups excluding carboxylic acids is 1. The molecule has 0 aliphatic heterocycles. The molecule has 2 bridgehead atoms. The molecule has 0 radical (unpaired) electrons. The van der Waals surface area contributed by atoms with E-state index in [1.165, 1.54) is 12.5 Å². The summed E-state index contributed by atoms with van der Waals surface area (Å²) in [4.78, 5) is 12.4. The van der Waals surface area contributed by atoms with Crippen LogP contribution in [0.25, 0.3) is 0 Å². The SMILES string of the molecule is Cl.NC1C2CCCC1CC(C(=O)NCCc1cc(Br)ccc1F)C2. The number of nitrogens with one attached hydrogen (secondary N) is 1. The molecule has 2 aliphatic carbocycles. The molecule has 2 aliphatic rings. The average molecular weight is 420 g/mol. The largest absolute Gasteiger partial charge is 0.356 e. The molecule has 0 spiro atoms. The summed E-state index contributed by atoms with van der Waals surface area (Å²) in [5.74, 6) is 0.976. The lowest BCUT2D eigenvalue weighted by Gasteiger charge is -2.43. The van der Waals surface area contributed by atoms with Crippen molar-refractivity contribution in [2.24, 2.45) is 23.5 Å². The Labute approximate surface area is 157 Å². The van der Waals surface area contributed by atoms with Crippen LogP contribution >= 0.6 is 28.3 Å². The first-order chi connectivity index (χ1) is 11.0. The summed E-state index contributed by atoms with van der Waals surface area (Å²) in [6.07, 6.45) is 5.90. The zero-order valence-electron chi connectivity index (χ0n) is 13.6. The summed E-state index contributed by atoms with van der Waals surface area (Å²) >= 11 is 3.35. The van der Waals surface area contributed by atoms with Gasteiger partial charge in [0.15, 0.2) is 0 Å². The number of hydrogen-bond donors (Lipinski definition) is 2. The number of fused-ring (bicyclic) bond motifs is 2. The van der Waals surface area contributed by atoms with Crippen molar-refractivity contribution in [2.45, 2.75) is 44.6 Å². The molecule has 2 fully saturated rings. The van der Waals surface area contributed by atoms with Crippen LogP contribution in [0.3, 0.4) is 0 Å². The van der Waals surface area contributed by atoms with Gasteiger partial charge in [0.05, 0.1) is 0 Å². The second-order valence-electron chi connectivity index (χ2n) is 6.97. The number of carbonyl (C=O) groups is 1. The third-order valence-corrected chi connectivity index (χ3v) is 5.98. The molecule has 0 aromatic heterocycles. The molecule has 3 rings (SSSR count). The van der Waals surface area contributed by atoms with Crippen LogP contribution < -0.4 is 11.1 Å².